The standard InChI is InChI=1S/C24H23N3O2S/c1-4-29-21-11-9-19(10-12-21)22-15-30-24(26-22)27-23(28)20(14-25)13-17-5-7-18(8-6-17)16(2)3/h5-13,15-16H,4H2,1-3H3,(H,26,27,28). The molecule has 1 amide bonds. The lowest BCUT2D eigenvalue weighted by atomic mass is 10.0. The fourth-order valence-corrected chi connectivity index (χ4v) is 3.52. The van der Waals surface area contributed by atoms with Crippen LogP contribution < -0.4 is 10.1 Å². The van der Waals surface area contributed by atoms with E-state index in [-0.39, 0.29) is 5.57 Å². The van der Waals surface area contributed by atoms with Crippen LogP contribution in [0.25, 0.3) is 17.3 Å². The van der Waals surface area contributed by atoms with Crippen LogP contribution >= 0.6 is 11.3 Å². The van der Waals surface area contributed by atoms with Crippen molar-refractivity contribution in [1.82, 2.24) is 4.98 Å². The minimum atomic E-state index is -0.474. The molecule has 1 aromatic heterocycles. The average Bonchev–Trinajstić information content (AvgIpc) is 3.21. The average molecular weight is 418 g/mol. The molecule has 5 nitrogen and oxygen atoms in total. The van der Waals surface area contributed by atoms with Gasteiger partial charge in [-0.1, -0.05) is 38.1 Å². The van der Waals surface area contributed by atoms with E-state index < -0.39 is 5.91 Å². The van der Waals surface area contributed by atoms with Gasteiger partial charge in [0.15, 0.2) is 5.13 Å². The van der Waals surface area contributed by atoms with Gasteiger partial charge in [-0.25, -0.2) is 4.98 Å². The van der Waals surface area contributed by atoms with Gasteiger partial charge in [-0.3, -0.25) is 10.1 Å². The van der Waals surface area contributed by atoms with Gasteiger partial charge in [0, 0.05) is 10.9 Å². The van der Waals surface area contributed by atoms with E-state index in [4.69, 9.17) is 4.74 Å². The number of aromatic nitrogens is 1. The molecule has 0 fully saturated rings. The van der Waals surface area contributed by atoms with Crippen LogP contribution in [-0.2, 0) is 4.79 Å². The lowest BCUT2D eigenvalue weighted by molar-refractivity contribution is -0.112. The predicted octanol–water partition coefficient (Wildman–Crippen LogP) is 5.88. The van der Waals surface area contributed by atoms with Crippen molar-refractivity contribution in [3.63, 3.8) is 0 Å². The molecule has 0 bridgehead atoms. The van der Waals surface area contributed by atoms with E-state index in [0.717, 1.165) is 22.6 Å². The van der Waals surface area contributed by atoms with Crippen molar-refractivity contribution in [3.05, 3.63) is 70.6 Å². The summed E-state index contributed by atoms with van der Waals surface area (Å²) in [5, 5.41) is 14.5. The second-order valence-corrected chi connectivity index (χ2v) is 7.80. The number of carbonyl (C=O) groups excluding carboxylic acids is 1. The Morgan fingerprint density at radius 2 is 1.90 bits per heavy atom. The Balaban J connectivity index is 1.71. The number of hydrogen-bond donors (Lipinski definition) is 1. The van der Waals surface area contributed by atoms with E-state index in [9.17, 15) is 10.1 Å². The van der Waals surface area contributed by atoms with Gasteiger partial charge < -0.3 is 4.74 Å². The van der Waals surface area contributed by atoms with Gasteiger partial charge in [0.25, 0.3) is 5.91 Å². The summed E-state index contributed by atoms with van der Waals surface area (Å²) in [5.41, 5.74) is 3.73. The fraction of sp³-hybridized carbons (Fsp3) is 0.208. The van der Waals surface area contributed by atoms with E-state index in [2.05, 4.69) is 24.1 Å². The van der Waals surface area contributed by atoms with Gasteiger partial charge in [-0.2, -0.15) is 5.26 Å². The number of thiazole rings is 1. The smallest absolute Gasteiger partial charge is 0.268 e. The minimum Gasteiger partial charge on any atom is -0.494 e. The number of nitrogens with one attached hydrogen (secondary N) is 1. The largest absolute Gasteiger partial charge is 0.494 e. The Morgan fingerprint density at radius 3 is 2.50 bits per heavy atom. The minimum absolute atomic E-state index is 0.0325. The number of amides is 1. The van der Waals surface area contributed by atoms with Crippen LogP contribution in [0.1, 0.15) is 37.8 Å². The number of anilines is 1. The van der Waals surface area contributed by atoms with E-state index >= 15 is 0 Å². The number of ether oxygens (including phenoxy) is 1. The monoisotopic (exact) mass is 417 g/mol. The van der Waals surface area contributed by atoms with E-state index in [0.29, 0.717) is 17.7 Å². The van der Waals surface area contributed by atoms with E-state index in [1.165, 1.54) is 16.9 Å². The first-order chi connectivity index (χ1) is 14.5. The van der Waals surface area contributed by atoms with E-state index in [1.807, 2.05) is 66.9 Å². The second kappa shape index (κ2) is 9.86. The molecule has 0 aliphatic carbocycles. The first-order valence-corrected chi connectivity index (χ1v) is 10.6. The van der Waals surface area contributed by atoms with Crippen molar-refractivity contribution < 1.29 is 9.53 Å². The summed E-state index contributed by atoms with van der Waals surface area (Å²) in [5.74, 6) is 0.754. The zero-order valence-electron chi connectivity index (χ0n) is 17.2. The van der Waals surface area contributed by atoms with Crippen molar-refractivity contribution in [2.24, 2.45) is 0 Å². The molecular weight excluding hydrogens is 394 g/mol. The van der Waals surface area contributed by atoms with Crippen molar-refractivity contribution in [1.29, 1.82) is 5.26 Å². The van der Waals surface area contributed by atoms with Gasteiger partial charge >= 0.3 is 0 Å². The molecule has 2 aromatic carbocycles. The Hall–Kier alpha value is -3.43. The second-order valence-electron chi connectivity index (χ2n) is 6.94. The highest BCUT2D eigenvalue weighted by molar-refractivity contribution is 7.14. The molecule has 1 N–H and O–H groups in total. The van der Waals surface area contributed by atoms with Crippen molar-refractivity contribution in [2.45, 2.75) is 26.7 Å². The maximum atomic E-state index is 12.5. The molecule has 0 aliphatic heterocycles. The fourth-order valence-electron chi connectivity index (χ4n) is 2.81. The summed E-state index contributed by atoms with van der Waals surface area (Å²) < 4.78 is 5.45. The van der Waals surface area contributed by atoms with Gasteiger partial charge in [0.05, 0.1) is 12.3 Å². The highest BCUT2D eigenvalue weighted by atomic mass is 32.1. The number of carbonyl (C=O) groups is 1. The van der Waals surface area contributed by atoms with Gasteiger partial charge in [-0.15, -0.1) is 11.3 Å². The van der Waals surface area contributed by atoms with Crippen LogP contribution in [0.3, 0.4) is 0 Å². The van der Waals surface area contributed by atoms with Crippen molar-refractivity contribution >= 4 is 28.5 Å². The van der Waals surface area contributed by atoms with E-state index in [1.54, 1.807) is 6.08 Å². The van der Waals surface area contributed by atoms with Crippen LogP contribution in [0, 0.1) is 11.3 Å². The van der Waals surface area contributed by atoms with Crippen LogP contribution in [0.15, 0.2) is 59.5 Å². The molecule has 0 atom stereocenters. The van der Waals surface area contributed by atoms with Crippen LogP contribution in [0.2, 0.25) is 0 Å². The normalized spacial score (nSPS) is 11.2. The maximum Gasteiger partial charge on any atom is 0.268 e. The van der Waals surface area contributed by atoms with Gasteiger partial charge in [0.1, 0.15) is 17.4 Å². The molecule has 152 valence electrons. The number of nitrogens with zero attached hydrogens (tertiary/aromatic N) is 2. The maximum absolute atomic E-state index is 12.5. The highest BCUT2D eigenvalue weighted by Gasteiger charge is 2.13. The summed E-state index contributed by atoms with van der Waals surface area (Å²) in [7, 11) is 0. The number of hydrogen-bond acceptors (Lipinski definition) is 5. The summed E-state index contributed by atoms with van der Waals surface area (Å²) in [6, 6.07) is 17.4. The lowest BCUT2D eigenvalue weighted by Gasteiger charge is -2.05. The summed E-state index contributed by atoms with van der Waals surface area (Å²) in [6.45, 7) is 6.79. The Bertz CT molecular complexity index is 1070. The van der Waals surface area contributed by atoms with Gasteiger partial charge in [-0.05, 0) is 54.3 Å². The zero-order chi connectivity index (χ0) is 21.5. The molecule has 3 rings (SSSR count). The SMILES string of the molecule is CCOc1ccc(-c2csc(NC(=O)C(C#N)=Cc3ccc(C(C)C)cc3)n2)cc1. The Labute approximate surface area is 180 Å². The zero-order valence-corrected chi connectivity index (χ0v) is 18.0. The molecule has 0 spiro atoms. The molecule has 30 heavy (non-hydrogen) atoms. The van der Waals surface area contributed by atoms with Crippen LogP contribution in [0.4, 0.5) is 5.13 Å². The number of benzene rings is 2. The molecule has 0 aliphatic rings. The third-order valence-corrected chi connectivity index (χ3v) is 5.22. The molecule has 3 aromatic rings. The third-order valence-electron chi connectivity index (χ3n) is 4.46. The quantitative estimate of drug-likeness (QED) is 0.385. The third kappa shape index (κ3) is 5.34. The van der Waals surface area contributed by atoms with Crippen LogP contribution in [0.5, 0.6) is 5.75 Å². The molecular formula is C24H23N3O2S. The summed E-state index contributed by atoms with van der Waals surface area (Å²) >= 11 is 1.32. The first kappa shape index (κ1) is 21.3. The highest BCUT2D eigenvalue weighted by Crippen LogP contribution is 2.27. The molecule has 0 saturated heterocycles. The molecule has 0 radical (unpaired) electrons. The van der Waals surface area contributed by atoms with Crippen LogP contribution in [-0.4, -0.2) is 17.5 Å². The molecule has 0 unspecified atom stereocenters. The lowest BCUT2D eigenvalue weighted by Crippen LogP contribution is -2.13. The summed E-state index contributed by atoms with van der Waals surface area (Å²) in [4.78, 5) is 17.0. The Kier molecular flexibility index (Phi) is 6.99. The molecule has 6 heteroatoms. The number of nitriles is 1. The summed E-state index contributed by atoms with van der Waals surface area (Å²) in [6.07, 6.45) is 1.58. The topological polar surface area (TPSA) is 75.0 Å². The number of rotatable bonds is 7. The predicted molar refractivity (Wildman–Crippen MR) is 121 cm³/mol. The molecule has 1 heterocycles. The van der Waals surface area contributed by atoms with Gasteiger partial charge in [0.2, 0.25) is 0 Å². The van der Waals surface area contributed by atoms with Crippen molar-refractivity contribution in [2.75, 3.05) is 11.9 Å². The molecule has 0 saturated carbocycles. The van der Waals surface area contributed by atoms with Crippen molar-refractivity contribution in [3.8, 4) is 23.1 Å². The Morgan fingerprint density at radius 1 is 1.20 bits per heavy atom. The first-order valence-electron chi connectivity index (χ1n) is 9.72.